The number of nitrogen functional groups attached to an aromatic ring is 1. The first-order chi connectivity index (χ1) is 17.9. The number of rotatable bonds is 7. The third-order valence-electron chi connectivity index (χ3n) is 6.31. The number of hydrogen-bond donors (Lipinski definition) is 3. The highest BCUT2D eigenvalue weighted by molar-refractivity contribution is 6.02. The van der Waals surface area contributed by atoms with E-state index in [1.165, 1.54) is 6.08 Å². The van der Waals surface area contributed by atoms with Crippen LogP contribution in [0.15, 0.2) is 61.3 Å². The molecule has 1 fully saturated rings. The van der Waals surface area contributed by atoms with Gasteiger partial charge in [0.15, 0.2) is 0 Å². The smallest absolute Gasteiger partial charge is 0.247 e. The number of likely N-dealkylation sites (N-methyl/N-ethyl adjacent to an activating group) is 1. The highest BCUT2D eigenvalue weighted by Crippen LogP contribution is 2.38. The van der Waals surface area contributed by atoms with Gasteiger partial charge in [-0.25, -0.2) is 0 Å². The number of ether oxygens (including phenoxy) is 1. The predicted molar refractivity (Wildman–Crippen MR) is 146 cm³/mol. The molecule has 0 saturated carbocycles. The average molecular weight is 500 g/mol. The van der Waals surface area contributed by atoms with Crippen molar-refractivity contribution in [1.82, 2.24) is 24.4 Å². The lowest BCUT2D eigenvalue weighted by Gasteiger charge is -2.35. The van der Waals surface area contributed by atoms with Crippen molar-refractivity contribution in [3.8, 4) is 11.7 Å². The molecule has 1 amide bonds. The molecule has 0 radical (unpaired) electrons. The van der Waals surface area contributed by atoms with E-state index in [1.54, 1.807) is 13.2 Å². The fourth-order valence-corrected chi connectivity index (χ4v) is 4.35. The van der Waals surface area contributed by atoms with E-state index < -0.39 is 0 Å². The molecule has 1 aliphatic heterocycles. The highest BCUT2D eigenvalue weighted by Gasteiger charge is 2.21. The van der Waals surface area contributed by atoms with Crippen molar-refractivity contribution in [3.05, 3.63) is 61.3 Å². The molecule has 2 aromatic carbocycles. The van der Waals surface area contributed by atoms with E-state index in [1.807, 2.05) is 47.2 Å². The van der Waals surface area contributed by atoms with Crippen molar-refractivity contribution < 1.29 is 9.53 Å². The number of carbonyl (C=O) groups is 1. The molecule has 1 saturated heterocycles. The standard InChI is InChI=1S/C26H29N9O2/c1-4-23(36)28-18-15-19(22(37-3)16-21(18)34-13-11-33(2)12-14-34)29-25-30-24(27)31-26(32-25)35-10-9-17-7-5-6-8-20(17)35/h4-10,15-16H,1,11-14H2,2-3H3,(H,28,36)(H3,27,29,30,31,32). The summed E-state index contributed by atoms with van der Waals surface area (Å²) in [5.74, 6) is 0.949. The molecule has 0 unspecified atom stereocenters. The monoisotopic (exact) mass is 499 g/mol. The molecule has 11 nitrogen and oxygen atoms in total. The molecule has 4 N–H and O–H groups in total. The van der Waals surface area contributed by atoms with Crippen LogP contribution < -0.4 is 26.0 Å². The van der Waals surface area contributed by atoms with Crippen LogP contribution in [0.5, 0.6) is 5.75 Å². The number of amides is 1. The molecule has 37 heavy (non-hydrogen) atoms. The van der Waals surface area contributed by atoms with Gasteiger partial charge in [0, 0.05) is 43.8 Å². The summed E-state index contributed by atoms with van der Waals surface area (Å²) in [5, 5.41) is 7.18. The van der Waals surface area contributed by atoms with Crippen molar-refractivity contribution >= 4 is 45.8 Å². The van der Waals surface area contributed by atoms with Crippen molar-refractivity contribution in [1.29, 1.82) is 0 Å². The average Bonchev–Trinajstić information content (AvgIpc) is 3.33. The summed E-state index contributed by atoms with van der Waals surface area (Å²) in [6, 6.07) is 13.6. The zero-order valence-corrected chi connectivity index (χ0v) is 20.8. The molecule has 0 aliphatic carbocycles. The molecular weight excluding hydrogens is 470 g/mol. The summed E-state index contributed by atoms with van der Waals surface area (Å²) in [6.07, 6.45) is 3.13. The van der Waals surface area contributed by atoms with Gasteiger partial charge < -0.3 is 30.9 Å². The van der Waals surface area contributed by atoms with Gasteiger partial charge in [-0.05, 0) is 31.3 Å². The Balaban J connectivity index is 1.53. The molecule has 11 heteroatoms. The lowest BCUT2D eigenvalue weighted by Crippen LogP contribution is -2.44. The van der Waals surface area contributed by atoms with Gasteiger partial charge in [0.1, 0.15) is 5.75 Å². The van der Waals surface area contributed by atoms with E-state index in [-0.39, 0.29) is 17.8 Å². The molecule has 0 spiro atoms. The molecule has 190 valence electrons. The maximum Gasteiger partial charge on any atom is 0.247 e. The van der Waals surface area contributed by atoms with Crippen LogP contribution in [-0.4, -0.2) is 70.7 Å². The lowest BCUT2D eigenvalue weighted by molar-refractivity contribution is -0.111. The number of fused-ring (bicyclic) bond motifs is 1. The second-order valence-corrected chi connectivity index (χ2v) is 8.74. The SMILES string of the molecule is C=CC(=O)Nc1cc(Nc2nc(N)nc(-n3ccc4ccccc43)n2)c(OC)cc1N1CCN(C)CC1. The maximum atomic E-state index is 12.3. The summed E-state index contributed by atoms with van der Waals surface area (Å²) >= 11 is 0. The van der Waals surface area contributed by atoms with Crippen LogP contribution in [0, 0.1) is 0 Å². The van der Waals surface area contributed by atoms with E-state index in [2.05, 4.69) is 49.0 Å². The molecule has 1 aliphatic rings. The van der Waals surface area contributed by atoms with Crippen LogP contribution in [0.25, 0.3) is 16.9 Å². The predicted octanol–water partition coefficient (Wildman–Crippen LogP) is 3.03. The third kappa shape index (κ3) is 5.02. The Kier molecular flexibility index (Phi) is 6.60. The van der Waals surface area contributed by atoms with Crippen molar-refractivity contribution in [2.45, 2.75) is 0 Å². The number of nitrogens with two attached hydrogens (primary N) is 1. The Morgan fingerprint density at radius 1 is 1.08 bits per heavy atom. The first-order valence-corrected chi connectivity index (χ1v) is 11.9. The van der Waals surface area contributed by atoms with Crippen molar-refractivity contribution in [2.24, 2.45) is 0 Å². The van der Waals surface area contributed by atoms with Gasteiger partial charge in [0.25, 0.3) is 0 Å². The molecule has 0 atom stereocenters. The molecular formula is C26H29N9O2. The molecule has 5 rings (SSSR count). The maximum absolute atomic E-state index is 12.3. The fraction of sp³-hybridized carbons (Fsp3) is 0.231. The van der Waals surface area contributed by atoms with Gasteiger partial charge in [0.2, 0.25) is 23.8 Å². The Labute approximate surface area is 214 Å². The number of nitrogens with zero attached hydrogens (tertiary/aromatic N) is 6. The number of aromatic nitrogens is 4. The second-order valence-electron chi connectivity index (χ2n) is 8.74. The number of methoxy groups -OCH3 is 1. The molecule has 0 bridgehead atoms. The number of carbonyl (C=O) groups excluding carboxylic acids is 1. The summed E-state index contributed by atoms with van der Waals surface area (Å²) in [5.41, 5.74) is 9.05. The van der Waals surface area contributed by atoms with Gasteiger partial charge in [-0.1, -0.05) is 24.8 Å². The zero-order valence-electron chi connectivity index (χ0n) is 20.8. The number of piperazine rings is 1. The number of para-hydroxylation sites is 1. The highest BCUT2D eigenvalue weighted by atomic mass is 16.5. The van der Waals surface area contributed by atoms with Crippen molar-refractivity contribution in [3.63, 3.8) is 0 Å². The summed E-state index contributed by atoms with van der Waals surface area (Å²) in [4.78, 5) is 30.0. The van der Waals surface area contributed by atoms with E-state index in [0.717, 1.165) is 42.8 Å². The lowest BCUT2D eigenvalue weighted by atomic mass is 10.1. The van der Waals surface area contributed by atoms with E-state index >= 15 is 0 Å². The van der Waals surface area contributed by atoms with Crippen LogP contribution in [0.1, 0.15) is 0 Å². The van der Waals surface area contributed by atoms with Gasteiger partial charge in [0.05, 0.1) is 29.7 Å². The number of hydrogen-bond acceptors (Lipinski definition) is 9. The molecule has 2 aromatic heterocycles. The number of benzene rings is 2. The Hall–Kier alpha value is -4.64. The molecule has 3 heterocycles. The largest absolute Gasteiger partial charge is 0.494 e. The first-order valence-electron chi connectivity index (χ1n) is 11.9. The minimum absolute atomic E-state index is 0.0680. The summed E-state index contributed by atoms with van der Waals surface area (Å²) in [7, 11) is 3.69. The Morgan fingerprint density at radius 3 is 2.62 bits per heavy atom. The van der Waals surface area contributed by atoms with E-state index in [0.29, 0.717) is 23.1 Å². The van der Waals surface area contributed by atoms with E-state index in [4.69, 9.17) is 10.5 Å². The van der Waals surface area contributed by atoms with Gasteiger partial charge >= 0.3 is 0 Å². The summed E-state index contributed by atoms with van der Waals surface area (Å²) < 4.78 is 7.56. The van der Waals surface area contributed by atoms with Crippen LogP contribution in [0.3, 0.4) is 0 Å². The minimum atomic E-state index is -0.308. The van der Waals surface area contributed by atoms with Gasteiger partial charge in [-0.3, -0.25) is 9.36 Å². The van der Waals surface area contributed by atoms with Crippen LogP contribution in [0.2, 0.25) is 0 Å². The number of anilines is 5. The third-order valence-corrected chi connectivity index (χ3v) is 6.31. The van der Waals surface area contributed by atoms with Crippen LogP contribution >= 0.6 is 0 Å². The quantitative estimate of drug-likeness (QED) is 0.329. The molecule has 4 aromatic rings. The summed E-state index contributed by atoms with van der Waals surface area (Å²) in [6.45, 7) is 7.05. The second kappa shape index (κ2) is 10.2. The van der Waals surface area contributed by atoms with Gasteiger partial charge in [-0.2, -0.15) is 15.0 Å². The zero-order chi connectivity index (χ0) is 25.9. The normalized spacial score (nSPS) is 13.9. The minimum Gasteiger partial charge on any atom is -0.494 e. The van der Waals surface area contributed by atoms with Gasteiger partial charge in [-0.15, -0.1) is 0 Å². The fourth-order valence-electron chi connectivity index (χ4n) is 4.35. The van der Waals surface area contributed by atoms with Crippen LogP contribution in [0.4, 0.5) is 29.0 Å². The Bertz CT molecular complexity index is 1460. The van der Waals surface area contributed by atoms with Crippen LogP contribution in [-0.2, 0) is 4.79 Å². The Morgan fingerprint density at radius 2 is 1.86 bits per heavy atom. The first kappa shape index (κ1) is 24.1. The van der Waals surface area contributed by atoms with E-state index in [9.17, 15) is 4.79 Å². The topological polar surface area (TPSA) is 126 Å². The van der Waals surface area contributed by atoms with Crippen molar-refractivity contribution in [2.75, 3.05) is 61.6 Å². The number of nitrogens with one attached hydrogen (secondary N) is 2.